The molecule has 0 amide bonds. The molecule has 16 rings (SSSR count). The van der Waals surface area contributed by atoms with Crippen LogP contribution in [0.2, 0.25) is 0 Å². The van der Waals surface area contributed by atoms with E-state index < -0.39 is 5.41 Å². The molecule has 2 aliphatic carbocycles. The molecule has 0 bridgehead atoms. The maximum Gasteiger partial charge on any atom is 0.0737 e. The van der Waals surface area contributed by atoms with E-state index in [0.29, 0.717) is 0 Å². The first-order valence-corrected chi connectivity index (χ1v) is 24.5. The second-order valence-corrected chi connectivity index (χ2v) is 19.4. The van der Waals surface area contributed by atoms with Crippen LogP contribution in [0.15, 0.2) is 249 Å². The summed E-state index contributed by atoms with van der Waals surface area (Å²) in [5, 5.41) is 15.3. The molecule has 0 fully saturated rings. The van der Waals surface area contributed by atoms with Crippen molar-refractivity contribution < 1.29 is 0 Å². The lowest BCUT2D eigenvalue weighted by molar-refractivity contribution is 0.809. The number of rotatable bonds is 3. The molecule has 2 aliphatic rings. The molecule has 1 heterocycles. The number of hydrogen-bond acceptors (Lipinski definition) is 0. The molecule has 13 aromatic carbocycles. The van der Waals surface area contributed by atoms with Crippen molar-refractivity contribution in [2.45, 2.75) is 5.41 Å². The summed E-state index contributed by atoms with van der Waals surface area (Å²) < 4.78 is 2.40. The molecular weight excluding hydrogens is 843 g/mol. The van der Waals surface area contributed by atoms with E-state index >= 15 is 0 Å². The summed E-state index contributed by atoms with van der Waals surface area (Å²) >= 11 is 0. The number of nitrogens with zero attached hydrogens (tertiary/aromatic N) is 1. The van der Waals surface area contributed by atoms with Crippen molar-refractivity contribution >= 4 is 75.7 Å². The molecule has 0 N–H and O–H groups in total. The maximum absolute atomic E-state index is 2.53. The Labute approximate surface area is 404 Å². The van der Waals surface area contributed by atoms with Crippen molar-refractivity contribution in [3.8, 4) is 50.2 Å². The molecule has 0 saturated carbocycles. The summed E-state index contributed by atoms with van der Waals surface area (Å²) in [6.07, 6.45) is 0. The van der Waals surface area contributed by atoms with Gasteiger partial charge >= 0.3 is 0 Å². The fraction of sp³-hybridized carbons (Fsp3) is 0.0145. The van der Waals surface area contributed by atoms with E-state index in [0.717, 1.165) is 0 Å². The van der Waals surface area contributed by atoms with Crippen LogP contribution in [-0.2, 0) is 5.41 Å². The Hall–Kier alpha value is -9.04. The van der Waals surface area contributed by atoms with Gasteiger partial charge in [0.1, 0.15) is 0 Å². The zero-order chi connectivity index (χ0) is 45.7. The van der Waals surface area contributed by atoms with E-state index in [2.05, 4.69) is 253 Å². The molecule has 0 radical (unpaired) electrons. The van der Waals surface area contributed by atoms with Crippen LogP contribution in [0.5, 0.6) is 0 Å². The largest absolute Gasteiger partial charge is 0.309 e. The summed E-state index contributed by atoms with van der Waals surface area (Å²) in [4.78, 5) is 0. The second kappa shape index (κ2) is 14.0. The van der Waals surface area contributed by atoms with Gasteiger partial charge in [-0.1, -0.05) is 212 Å². The van der Waals surface area contributed by atoms with Crippen molar-refractivity contribution in [2.24, 2.45) is 0 Å². The molecule has 0 aliphatic heterocycles. The Balaban J connectivity index is 0.987. The number of fused-ring (bicyclic) bond motifs is 22. The van der Waals surface area contributed by atoms with E-state index in [4.69, 9.17) is 0 Å². The number of hydrogen-bond donors (Lipinski definition) is 0. The average Bonchev–Trinajstić information content (AvgIpc) is 4.05. The predicted molar refractivity (Wildman–Crippen MR) is 295 cm³/mol. The fourth-order valence-corrected chi connectivity index (χ4v) is 13.5. The van der Waals surface area contributed by atoms with Crippen LogP contribution >= 0.6 is 0 Å². The summed E-state index contributed by atoms with van der Waals surface area (Å²) in [5.41, 5.74) is 18.9. The fourth-order valence-electron chi connectivity index (χ4n) is 13.5. The molecule has 14 aromatic rings. The number of para-hydroxylation sites is 2. The van der Waals surface area contributed by atoms with Crippen LogP contribution in [0.3, 0.4) is 0 Å². The maximum atomic E-state index is 2.53. The standard InChI is InChI=1S/C69H41N/c1-2-19-45(20-3-1)70-62-33-17-14-25-50(62)59-41-44(36-39-63(59)70)65-54-29-10-8-27-52(54)64(53-28-9-11-30-55(53)65)43-35-37-56-58(40-43)47-22-6-7-26-51(47)66-57-38-34-42-18-4-5-21-46(42)67(57)69(68(56)66)60-31-15-12-23-48(60)49-24-13-16-32-61(49)69/h1-41H. The van der Waals surface area contributed by atoms with Gasteiger partial charge in [-0.3, -0.25) is 0 Å². The zero-order valence-electron chi connectivity index (χ0n) is 38.1. The van der Waals surface area contributed by atoms with Crippen molar-refractivity contribution in [3.63, 3.8) is 0 Å². The van der Waals surface area contributed by atoms with Gasteiger partial charge in [-0.05, 0) is 157 Å². The van der Waals surface area contributed by atoms with E-state index in [-0.39, 0.29) is 0 Å². The molecule has 1 aromatic heterocycles. The lowest BCUT2D eigenvalue weighted by Crippen LogP contribution is -2.26. The van der Waals surface area contributed by atoms with Crippen molar-refractivity contribution in [1.29, 1.82) is 0 Å². The van der Waals surface area contributed by atoms with Gasteiger partial charge in [0.15, 0.2) is 0 Å². The minimum absolute atomic E-state index is 0.516. The molecule has 1 spiro atoms. The van der Waals surface area contributed by atoms with Crippen LogP contribution in [0, 0.1) is 0 Å². The van der Waals surface area contributed by atoms with E-state index in [1.165, 1.54) is 148 Å². The highest BCUT2D eigenvalue weighted by Gasteiger charge is 2.53. The highest BCUT2D eigenvalue weighted by molar-refractivity contribution is 6.25. The first-order valence-electron chi connectivity index (χ1n) is 24.5. The minimum Gasteiger partial charge on any atom is -0.309 e. The molecule has 0 unspecified atom stereocenters. The third-order valence-corrected chi connectivity index (χ3v) is 16.1. The summed E-state index contributed by atoms with van der Waals surface area (Å²) in [6.45, 7) is 0. The normalized spacial score (nSPS) is 13.3. The topological polar surface area (TPSA) is 4.93 Å². The highest BCUT2D eigenvalue weighted by atomic mass is 15.0. The molecule has 1 heteroatoms. The van der Waals surface area contributed by atoms with Crippen LogP contribution < -0.4 is 0 Å². The average molecular weight is 884 g/mol. The first kappa shape index (κ1) is 38.0. The monoisotopic (exact) mass is 883 g/mol. The van der Waals surface area contributed by atoms with Crippen LogP contribution in [0.1, 0.15) is 22.3 Å². The highest BCUT2D eigenvalue weighted by Crippen LogP contribution is 2.66. The Morgan fingerprint density at radius 2 is 0.743 bits per heavy atom. The third kappa shape index (κ3) is 4.81. The smallest absolute Gasteiger partial charge is 0.0737 e. The van der Waals surface area contributed by atoms with Gasteiger partial charge in [-0.2, -0.15) is 0 Å². The Kier molecular flexibility index (Phi) is 7.60. The summed E-state index contributed by atoms with van der Waals surface area (Å²) in [7, 11) is 0. The van der Waals surface area contributed by atoms with Gasteiger partial charge in [-0.15, -0.1) is 0 Å². The van der Waals surface area contributed by atoms with Gasteiger partial charge in [0, 0.05) is 16.5 Å². The molecular formula is C69H41N. The van der Waals surface area contributed by atoms with E-state index in [9.17, 15) is 0 Å². The number of aromatic nitrogens is 1. The van der Waals surface area contributed by atoms with Crippen molar-refractivity contribution in [3.05, 3.63) is 271 Å². The van der Waals surface area contributed by atoms with Crippen LogP contribution in [0.25, 0.3) is 126 Å². The third-order valence-electron chi connectivity index (χ3n) is 16.1. The minimum atomic E-state index is -0.516. The van der Waals surface area contributed by atoms with Gasteiger partial charge in [-0.25, -0.2) is 0 Å². The Bertz CT molecular complexity index is 4490. The quantitative estimate of drug-likeness (QED) is 0.123. The Morgan fingerprint density at radius 3 is 1.40 bits per heavy atom. The van der Waals surface area contributed by atoms with Gasteiger partial charge in [0.2, 0.25) is 0 Å². The number of benzene rings is 13. The molecule has 322 valence electrons. The van der Waals surface area contributed by atoms with Gasteiger partial charge in [0.05, 0.1) is 16.4 Å². The van der Waals surface area contributed by atoms with Crippen molar-refractivity contribution in [1.82, 2.24) is 4.57 Å². The molecule has 0 saturated heterocycles. The van der Waals surface area contributed by atoms with Crippen LogP contribution in [0.4, 0.5) is 0 Å². The SMILES string of the molecule is c1ccc(-n2c3ccccc3c3cc(-c4c5ccccc5c(-c5ccc6c7c(c8ccccc8c6c5)-c5ccc6ccccc6c5C75c6ccccc6-c6ccccc65)c5ccccc45)ccc32)cc1. The summed E-state index contributed by atoms with van der Waals surface area (Å²) in [6, 6.07) is 93.7. The Morgan fingerprint density at radius 1 is 0.257 bits per heavy atom. The molecule has 0 atom stereocenters. The first-order chi connectivity index (χ1) is 34.8. The lowest BCUT2D eigenvalue weighted by Gasteiger charge is -2.32. The van der Waals surface area contributed by atoms with E-state index in [1.54, 1.807) is 0 Å². The second-order valence-electron chi connectivity index (χ2n) is 19.4. The van der Waals surface area contributed by atoms with Crippen molar-refractivity contribution in [2.75, 3.05) is 0 Å². The molecule has 70 heavy (non-hydrogen) atoms. The van der Waals surface area contributed by atoms with Crippen LogP contribution in [-0.4, -0.2) is 4.57 Å². The lowest BCUT2D eigenvalue weighted by atomic mass is 9.68. The summed E-state index contributed by atoms with van der Waals surface area (Å²) in [5.74, 6) is 0. The van der Waals surface area contributed by atoms with Gasteiger partial charge < -0.3 is 4.57 Å². The van der Waals surface area contributed by atoms with E-state index in [1.807, 2.05) is 0 Å². The zero-order valence-corrected chi connectivity index (χ0v) is 38.1. The predicted octanol–water partition coefficient (Wildman–Crippen LogP) is 18.2. The van der Waals surface area contributed by atoms with Gasteiger partial charge in [0.25, 0.3) is 0 Å². The molecule has 1 nitrogen and oxygen atoms in total.